The van der Waals surface area contributed by atoms with Crippen molar-refractivity contribution in [3.05, 3.63) is 64.8 Å². The first-order chi connectivity index (χ1) is 15.1. The van der Waals surface area contributed by atoms with Gasteiger partial charge in [-0.15, -0.1) is 0 Å². The van der Waals surface area contributed by atoms with Crippen LogP contribution in [0.2, 0.25) is 5.02 Å². The van der Waals surface area contributed by atoms with E-state index >= 15 is 0 Å². The molecule has 1 fully saturated rings. The molecule has 0 saturated carbocycles. The van der Waals surface area contributed by atoms with Crippen molar-refractivity contribution in [3.8, 4) is 0 Å². The molecule has 1 atom stereocenters. The summed E-state index contributed by atoms with van der Waals surface area (Å²) in [6.07, 6.45) is 8.00. The number of halogens is 1. The van der Waals surface area contributed by atoms with E-state index in [0.29, 0.717) is 29.7 Å². The lowest BCUT2D eigenvalue weighted by Crippen LogP contribution is -2.40. The Balaban J connectivity index is 1.36. The summed E-state index contributed by atoms with van der Waals surface area (Å²) in [4.78, 5) is 15.3. The van der Waals surface area contributed by atoms with Crippen LogP contribution in [0.15, 0.2) is 48.7 Å². The molecule has 1 aliphatic heterocycles. The van der Waals surface area contributed by atoms with Crippen LogP contribution in [0.5, 0.6) is 0 Å². The van der Waals surface area contributed by atoms with Crippen molar-refractivity contribution < 1.29 is 4.79 Å². The van der Waals surface area contributed by atoms with Crippen LogP contribution in [0.1, 0.15) is 54.9 Å². The largest absolute Gasteiger partial charge is 0.352 e. The molecule has 0 radical (unpaired) electrons. The molecule has 0 bridgehead atoms. The highest BCUT2D eigenvalue weighted by molar-refractivity contribution is 6.30. The van der Waals surface area contributed by atoms with E-state index in [1.54, 1.807) is 0 Å². The first-order valence-electron chi connectivity index (χ1n) is 11.4. The second-order valence-electron chi connectivity index (χ2n) is 8.41. The fraction of sp³-hybridized carbons (Fsp3) is 0.440. The van der Waals surface area contributed by atoms with E-state index in [1.807, 2.05) is 53.3 Å². The third kappa shape index (κ3) is 5.46. The molecule has 1 N–H and O–H groups in total. The van der Waals surface area contributed by atoms with Crippen molar-refractivity contribution in [2.45, 2.75) is 51.6 Å². The van der Waals surface area contributed by atoms with Gasteiger partial charge >= 0.3 is 0 Å². The van der Waals surface area contributed by atoms with Crippen molar-refractivity contribution in [1.29, 1.82) is 0 Å². The van der Waals surface area contributed by atoms with Crippen molar-refractivity contribution in [2.24, 2.45) is 0 Å². The lowest BCUT2D eigenvalue weighted by Gasteiger charge is -2.35. The minimum absolute atomic E-state index is 0.0249. The van der Waals surface area contributed by atoms with Gasteiger partial charge in [0, 0.05) is 35.1 Å². The maximum atomic E-state index is 12.7. The van der Waals surface area contributed by atoms with Crippen LogP contribution >= 0.6 is 11.6 Å². The van der Waals surface area contributed by atoms with Gasteiger partial charge in [0.2, 0.25) is 0 Å². The number of hydrogen-bond acceptors (Lipinski definition) is 3. The summed E-state index contributed by atoms with van der Waals surface area (Å²) in [6, 6.07) is 14.3. The summed E-state index contributed by atoms with van der Waals surface area (Å²) in [7, 11) is 0. The molecule has 6 heteroatoms. The van der Waals surface area contributed by atoms with Gasteiger partial charge in [0.15, 0.2) is 0 Å². The quantitative estimate of drug-likeness (QED) is 0.496. The summed E-state index contributed by atoms with van der Waals surface area (Å²) < 4.78 is 1.92. The fourth-order valence-corrected chi connectivity index (χ4v) is 4.76. The number of likely N-dealkylation sites (tertiary alicyclic amines) is 1. The summed E-state index contributed by atoms with van der Waals surface area (Å²) >= 11 is 6.11. The van der Waals surface area contributed by atoms with Gasteiger partial charge < -0.3 is 10.2 Å². The average Bonchev–Trinajstić information content (AvgIpc) is 3.18. The minimum atomic E-state index is -0.0249. The molecule has 1 aromatic heterocycles. The van der Waals surface area contributed by atoms with Crippen LogP contribution < -0.4 is 5.32 Å². The zero-order chi connectivity index (χ0) is 21.6. The number of carbonyl (C=O) groups is 1. The molecule has 2 heterocycles. The van der Waals surface area contributed by atoms with Gasteiger partial charge in [0.25, 0.3) is 5.91 Å². The fourth-order valence-electron chi connectivity index (χ4n) is 4.55. The summed E-state index contributed by atoms with van der Waals surface area (Å²) in [6.45, 7) is 5.84. The van der Waals surface area contributed by atoms with Crippen molar-refractivity contribution in [3.63, 3.8) is 0 Å². The van der Waals surface area contributed by atoms with Crippen LogP contribution in [0.4, 0.5) is 0 Å². The van der Waals surface area contributed by atoms with E-state index in [0.717, 1.165) is 29.4 Å². The molecule has 0 aliphatic carbocycles. The summed E-state index contributed by atoms with van der Waals surface area (Å²) in [5.41, 5.74) is 2.70. The second kappa shape index (κ2) is 10.3. The molecule has 164 valence electrons. The van der Waals surface area contributed by atoms with Gasteiger partial charge in [-0.25, -0.2) is 0 Å². The lowest BCUT2D eigenvalue weighted by atomic mass is 10.00. The van der Waals surface area contributed by atoms with E-state index in [2.05, 4.69) is 22.2 Å². The predicted molar refractivity (Wildman–Crippen MR) is 127 cm³/mol. The Labute approximate surface area is 189 Å². The zero-order valence-electron chi connectivity index (χ0n) is 18.2. The van der Waals surface area contributed by atoms with Gasteiger partial charge in [0.1, 0.15) is 0 Å². The maximum absolute atomic E-state index is 12.7. The zero-order valence-corrected chi connectivity index (χ0v) is 18.9. The Morgan fingerprint density at radius 1 is 1.23 bits per heavy atom. The predicted octanol–water partition coefficient (Wildman–Crippen LogP) is 5.12. The van der Waals surface area contributed by atoms with Crippen LogP contribution in [0, 0.1) is 0 Å². The van der Waals surface area contributed by atoms with E-state index in [1.165, 1.54) is 32.2 Å². The number of benzene rings is 2. The standard InChI is InChI=1S/C25H31ClN4O/c1-2-23-9-3-4-13-29(23)14-6-12-27-25(31)20-10-11-21-17-28-30(24(21)16-20)18-19-7-5-8-22(26)15-19/h5,7-8,10-11,15-17,23H,2-4,6,9,12-14,18H2,1H3,(H,27,31)/t23-/m1/s1. The van der Waals surface area contributed by atoms with E-state index < -0.39 is 0 Å². The summed E-state index contributed by atoms with van der Waals surface area (Å²) in [5, 5.41) is 9.33. The average molecular weight is 439 g/mol. The first kappa shape index (κ1) is 21.8. The highest BCUT2D eigenvalue weighted by atomic mass is 35.5. The van der Waals surface area contributed by atoms with Crippen LogP contribution in [-0.4, -0.2) is 46.3 Å². The van der Waals surface area contributed by atoms with Crippen LogP contribution in [0.25, 0.3) is 10.9 Å². The minimum Gasteiger partial charge on any atom is -0.352 e. The topological polar surface area (TPSA) is 50.2 Å². The number of nitrogens with one attached hydrogen (secondary N) is 1. The first-order valence-corrected chi connectivity index (χ1v) is 11.7. The third-order valence-electron chi connectivity index (χ3n) is 6.26. The van der Waals surface area contributed by atoms with Gasteiger partial charge in [-0.2, -0.15) is 5.10 Å². The second-order valence-corrected chi connectivity index (χ2v) is 8.85. The molecular formula is C25H31ClN4O. The van der Waals surface area contributed by atoms with E-state index in [4.69, 9.17) is 11.6 Å². The Bertz CT molecular complexity index is 1030. The molecule has 5 nitrogen and oxygen atoms in total. The molecule has 1 aliphatic rings. The number of hydrogen-bond donors (Lipinski definition) is 1. The molecule has 1 amide bonds. The molecule has 31 heavy (non-hydrogen) atoms. The Morgan fingerprint density at radius 3 is 2.97 bits per heavy atom. The Hall–Kier alpha value is -2.37. The number of fused-ring (bicyclic) bond motifs is 1. The SMILES string of the molecule is CC[C@@H]1CCCCN1CCCNC(=O)c1ccc2cnn(Cc3cccc(Cl)c3)c2c1. The molecule has 2 aromatic carbocycles. The van der Waals surface area contributed by atoms with E-state index in [9.17, 15) is 4.79 Å². The molecule has 3 aromatic rings. The normalized spacial score (nSPS) is 17.2. The number of aromatic nitrogens is 2. The van der Waals surface area contributed by atoms with Crippen molar-refractivity contribution >= 4 is 28.4 Å². The van der Waals surface area contributed by atoms with Crippen LogP contribution in [-0.2, 0) is 6.54 Å². The van der Waals surface area contributed by atoms with Gasteiger partial charge in [-0.1, -0.05) is 43.1 Å². The number of piperidine rings is 1. The molecule has 4 rings (SSSR count). The molecule has 0 unspecified atom stereocenters. The highest BCUT2D eigenvalue weighted by Crippen LogP contribution is 2.20. The van der Waals surface area contributed by atoms with E-state index in [-0.39, 0.29) is 5.91 Å². The molecule has 1 saturated heterocycles. The highest BCUT2D eigenvalue weighted by Gasteiger charge is 2.20. The Kier molecular flexibility index (Phi) is 7.25. The van der Waals surface area contributed by atoms with Gasteiger partial charge in [0.05, 0.1) is 18.3 Å². The number of rotatable bonds is 8. The lowest BCUT2D eigenvalue weighted by molar-refractivity contribution is 0.0947. The monoisotopic (exact) mass is 438 g/mol. The number of nitrogens with zero attached hydrogens (tertiary/aromatic N) is 3. The summed E-state index contributed by atoms with van der Waals surface area (Å²) in [5.74, 6) is -0.0249. The van der Waals surface area contributed by atoms with Crippen molar-refractivity contribution in [2.75, 3.05) is 19.6 Å². The molecule has 0 spiro atoms. The number of carbonyl (C=O) groups excluding carboxylic acids is 1. The van der Waals surface area contributed by atoms with Gasteiger partial charge in [-0.3, -0.25) is 9.48 Å². The van der Waals surface area contributed by atoms with Crippen LogP contribution in [0.3, 0.4) is 0 Å². The smallest absolute Gasteiger partial charge is 0.251 e. The maximum Gasteiger partial charge on any atom is 0.251 e. The van der Waals surface area contributed by atoms with Gasteiger partial charge in [-0.05, 0) is 62.1 Å². The third-order valence-corrected chi connectivity index (χ3v) is 6.49. The Morgan fingerprint density at radius 2 is 2.13 bits per heavy atom. The van der Waals surface area contributed by atoms with Crippen molar-refractivity contribution in [1.82, 2.24) is 20.0 Å². The number of amides is 1. The molecular weight excluding hydrogens is 408 g/mol.